The van der Waals surface area contributed by atoms with Crippen molar-refractivity contribution in [1.82, 2.24) is 4.98 Å². The van der Waals surface area contributed by atoms with Gasteiger partial charge in [0.1, 0.15) is 0 Å². The van der Waals surface area contributed by atoms with E-state index >= 15 is 0 Å². The molecule has 0 spiro atoms. The Hall–Kier alpha value is -1.85. The maximum atomic E-state index is 12.4. The Labute approximate surface area is 150 Å². The standard InChI is InChI=1S/C19H20N2OS2/c1-19(2,3)13-7-5-12(6-8-13)17(22)21-18-20-15-10-9-14(23-4)11-16(15)24-18/h5-11H,1-4H3,(H,20,21,22). The molecule has 3 nitrogen and oxygen atoms in total. The molecular formula is C19H20N2OS2. The van der Waals surface area contributed by atoms with Crippen LogP contribution in [0.4, 0.5) is 5.13 Å². The van der Waals surface area contributed by atoms with Crippen molar-refractivity contribution < 1.29 is 4.79 Å². The summed E-state index contributed by atoms with van der Waals surface area (Å²) in [5.41, 5.74) is 2.85. The van der Waals surface area contributed by atoms with Crippen molar-refractivity contribution in [2.24, 2.45) is 0 Å². The summed E-state index contributed by atoms with van der Waals surface area (Å²) in [6.45, 7) is 6.48. The molecule has 0 unspecified atom stereocenters. The summed E-state index contributed by atoms with van der Waals surface area (Å²) in [4.78, 5) is 18.1. The van der Waals surface area contributed by atoms with Gasteiger partial charge in [0.2, 0.25) is 0 Å². The van der Waals surface area contributed by atoms with Crippen LogP contribution in [-0.4, -0.2) is 17.1 Å². The molecular weight excluding hydrogens is 336 g/mol. The van der Waals surface area contributed by atoms with Crippen molar-refractivity contribution in [3.05, 3.63) is 53.6 Å². The minimum Gasteiger partial charge on any atom is -0.298 e. The van der Waals surface area contributed by atoms with E-state index in [-0.39, 0.29) is 11.3 Å². The van der Waals surface area contributed by atoms with E-state index in [1.165, 1.54) is 21.8 Å². The highest BCUT2D eigenvalue weighted by atomic mass is 32.2. The number of rotatable bonds is 3. The summed E-state index contributed by atoms with van der Waals surface area (Å²) < 4.78 is 1.08. The van der Waals surface area contributed by atoms with Gasteiger partial charge < -0.3 is 0 Å². The minimum absolute atomic E-state index is 0.0804. The molecule has 3 rings (SSSR count). The van der Waals surface area contributed by atoms with Crippen LogP contribution in [0.2, 0.25) is 0 Å². The highest BCUT2D eigenvalue weighted by Crippen LogP contribution is 2.30. The second-order valence-corrected chi connectivity index (χ2v) is 8.54. The lowest BCUT2D eigenvalue weighted by Gasteiger charge is -2.18. The van der Waals surface area contributed by atoms with Gasteiger partial charge >= 0.3 is 0 Å². The van der Waals surface area contributed by atoms with Crippen molar-refractivity contribution in [2.45, 2.75) is 31.1 Å². The third kappa shape index (κ3) is 3.62. The van der Waals surface area contributed by atoms with Crippen LogP contribution in [0.3, 0.4) is 0 Å². The van der Waals surface area contributed by atoms with Crippen LogP contribution in [0.1, 0.15) is 36.7 Å². The van der Waals surface area contributed by atoms with E-state index in [0.29, 0.717) is 10.7 Å². The van der Waals surface area contributed by atoms with E-state index in [2.05, 4.69) is 37.1 Å². The third-order valence-electron chi connectivity index (χ3n) is 3.83. The molecule has 0 atom stereocenters. The monoisotopic (exact) mass is 356 g/mol. The number of nitrogens with zero attached hydrogens (tertiary/aromatic N) is 1. The molecule has 124 valence electrons. The highest BCUT2D eigenvalue weighted by molar-refractivity contribution is 7.98. The van der Waals surface area contributed by atoms with Gasteiger partial charge in [0.25, 0.3) is 5.91 Å². The van der Waals surface area contributed by atoms with Crippen molar-refractivity contribution in [1.29, 1.82) is 0 Å². The predicted octanol–water partition coefficient (Wildman–Crippen LogP) is 5.57. The van der Waals surface area contributed by atoms with E-state index in [9.17, 15) is 4.79 Å². The Balaban J connectivity index is 1.79. The Morgan fingerprint density at radius 3 is 2.46 bits per heavy atom. The van der Waals surface area contributed by atoms with E-state index in [1.807, 2.05) is 42.7 Å². The summed E-state index contributed by atoms with van der Waals surface area (Å²) in [7, 11) is 0. The molecule has 1 heterocycles. The number of amides is 1. The predicted molar refractivity (Wildman–Crippen MR) is 104 cm³/mol. The molecule has 1 N–H and O–H groups in total. The molecule has 1 aromatic heterocycles. The van der Waals surface area contributed by atoms with Crippen LogP contribution in [0.5, 0.6) is 0 Å². The molecule has 0 saturated heterocycles. The summed E-state index contributed by atoms with van der Waals surface area (Å²) in [6.07, 6.45) is 2.05. The number of anilines is 1. The van der Waals surface area contributed by atoms with Crippen LogP contribution >= 0.6 is 23.1 Å². The number of thiazole rings is 1. The van der Waals surface area contributed by atoms with Crippen molar-refractivity contribution in [2.75, 3.05) is 11.6 Å². The van der Waals surface area contributed by atoms with Crippen molar-refractivity contribution >= 4 is 44.4 Å². The molecule has 0 saturated carbocycles. The topological polar surface area (TPSA) is 42.0 Å². The lowest BCUT2D eigenvalue weighted by Crippen LogP contribution is -2.14. The highest BCUT2D eigenvalue weighted by Gasteiger charge is 2.15. The molecule has 2 aromatic carbocycles. The van der Waals surface area contributed by atoms with Crippen molar-refractivity contribution in [3.63, 3.8) is 0 Å². The molecule has 24 heavy (non-hydrogen) atoms. The van der Waals surface area contributed by atoms with Gasteiger partial charge in [0, 0.05) is 10.5 Å². The number of benzene rings is 2. The van der Waals surface area contributed by atoms with Gasteiger partial charge in [-0.1, -0.05) is 44.2 Å². The molecule has 0 aliphatic rings. The van der Waals surface area contributed by atoms with Crippen LogP contribution in [0.15, 0.2) is 47.4 Å². The van der Waals surface area contributed by atoms with Crippen LogP contribution in [-0.2, 0) is 5.41 Å². The first kappa shape index (κ1) is 17.0. The smallest absolute Gasteiger partial charge is 0.257 e. The average Bonchev–Trinajstić information content (AvgIpc) is 2.95. The number of fused-ring (bicyclic) bond motifs is 1. The van der Waals surface area contributed by atoms with E-state index in [0.717, 1.165) is 10.2 Å². The molecule has 0 radical (unpaired) electrons. The maximum absolute atomic E-state index is 12.4. The number of carbonyl (C=O) groups excluding carboxylic acids is 1. The molecule has 0 fully saturated rings. The van der Waals surface area contributed by atoms with Gasteiger partial charge in [-0.05, 0) is 47.6 Å². The number of thioether (sulfide) groups is 1. The fraction of sp³-hybridized carbons (Fsp3) is 0.263. The summed E-state index contributed by atoms with van der Waals surface area (Å²) in [5.74, 6) is -0.125. The normalized spacial score (nSPS) is 11.7. The minimum atomic E-state index is -0.125. The number of aromatic nitrogens is 1. The van der Waals surface area contributed by atoms with Gasteiger partial charge in [-0.15, -0.1) is 11.8 Å². The summed E-state index contributed by atoms with van der Waals surface area (Å²) in [6, 6.07) is 13.9. The maximum Gasteiger partial charge on any atom is 0.257 e. The van der Waals surface area contributed by atoms with E-state index in [1.54, 1.807) is 11.8 Å². The largest absolute Gasteiger partial charge is 0.298 e. The SMILES string of the molecule is CSc1ccc2nc(NC(=O)c3ccc(C(C)(C)C)cc3)sc2c1. The fourth-order valence-corrected chi connectivity index (χ4v) is 3.79. The van der Waals surface area contributed by atoms with Crippen LogP contribution < -0.4 is 5.32 Å². The van der Waals surface area contributed by atoms with Gasteiger partial charge in [0.15, 0.2) is 5.13 Å². The van der Waals surface area contributed by atoms with E-state index in [4.69, 9.17) is 0 Å². The summed E-state index contributed by atoms with van der Waals surface area (Å²) in [5, 5.41) is 3.54. The summed E-state index contributed by atoms with van der Waals surface area (Å²) >= 11 is 3.20. The van der Waals surface area contributed by atoms with Crippen LogP contribution in [0.25, 0.3) is 10.2 Å². The quantitative estimate of drug-likeness (QED) is 0.624. The number of hydrogen-bond donors (Lipinski definition) is 1. The lowest BCUT2D eigenvalue weighted by molar-refractivity contribution is 0.102. The van der Waals surface area contributed by atoms with Crippen molar-refractivity contribution in [3.8, 4) is 0 Å². The first-order chi connectivity index (χ1) is 11.4. The van der Waals surface area contributed by atoms with Gasteiger partial charge in [0.05, 0.1) is 10.2 Å². The molecule has 0 aliphatic heterocycles. The second kappa shape index (κ2) is 6.57. The molecule has 3 aromatic rings. The zero-order valence-corrected chi connectivity index (χ0v) is 15.8. The van der Waals surface area contributed by atoms with E-state index < -0.39 is 0 Å². The lowest BCUT2D eigenvalue weighted by atomic mass is 9.87. The van der Waals surface area contributed by atoms with Gasteiger partial charge in [-0.2, -0.15) is 0 Å². The zero-order chi connectivity index (χ0) is 17.3. The first-order valence-corrected chi connectivity index (χ1v) is 9.77. The Kier molecular flexibility index (Phi) is 4.65. The molecule has 1 amide bonds. The average molecular weight is 357 g/mol. The Morgan fingerprint density at radius 2 is 1.83 bits per heavy atom. The Morgan fingerprint density at radius 1 is 1.12 bits per heavy atom. The van der Waals surface area contributed by atoms with Crippen LogP contribution in [0, 0.1) is 0 Å². The number of hydrogen-bond acceptors (Lipinski definition) is 4. The molecule has 0 bridgehead atoms. The number of carbonyl (C=O) groups is 1. The zero-order valence-electron chi connectivity index (χ0n) is 14.2. The number of nitrogens with one attached hydrogen (secondary N) is 1. The Bertz CT molecular complexity index is 877. The fourth-order valence-electron chi connectivity index (χ4n) is 2.38. The van der Waals surface area contributed by atoms with Gasteiger partial charge in [-0.25, -0.2) is 4.98 Å². The van der Waals surface area contributed by atoms with Gasteiger partial charge in [-0.3, -0.25) is 10.1 Å². The molecule has 0 aliphatic carbocycles. The second-order valence-electron chi connectivity index (χ2n) is 6.63. The molecule has 5 heteroatoms. The first-order valence-electron chi connectivity index (χ1n) is 7.73. The third-order valence-corrected chi connectivity index (χ3v) is 5.49.